The van der Waals surface area contributed by atoms with Gasteiger partial charge in [0.05, 0.1) is 0 Å². The van der Waals surface area contributed by atoms with E-state index >= 15 is 0 Å². The van der Waals surface area contributed by atoms with Gasteiger partial charge in [0.25, 0.3) is 0 Å². The van der Waals surface area contributed by atoms with E-state index in [1.165, 1.54) is 11.1 Å². The van der Waals surface area contributed by atoms with Crippen molar-refractivity contribution in [2.45, 2.75) is 39.9 Å². The fraction of sp³-hybridized carbons (Fsp3) is 0.500. The Morgan fingerprint density at radius 3 is 2.53 bits per heavy atom. The van der Waals surface area contributed by atoms with E-state index in [4.69, 9.17) is 9.16 Å². The van der Waals surface area contributed by atoms with Crippen molar-refractivity contribution in [3.05, 3.63) is 29.3 Å². The molecular weight excluding hydrogens is 204 g/mol. The normalized spacial score (nSPS) is 12.7. The lowest BCUT2D eigenvalue weighted by atomic mass is 10.0. The smallest absolute Gasteiger partial charge is 0.187 e. The molecule has 15 heavy (non-hydrogen) atoms. The second-order valence-corrected chi connectivity index (χ2v) is 3.99. The van der Waals surface area contributed by atoms with Crippen molar-refractivity contribution < 1.29 is 9.16 Å². The zero-order valence-corrected chi connectivity index (χ0v) is 12.0. The van der Waals surface area contributed by atoms with Gasteiger partial charge in [0.15, 0.2) is 16.8 Å². The topological polar surface area (TPSA) is 18.5 Å². The van der Waals surface area contributed by atoms with Crippen molar-refractivity contribution in [1.82, 2.24) is 0 Å². The summed E-state index contributed by atoms with van der Waals surface area (Å²) in [5.74, 6) is 0.972. The average molecular weight is 224 g/mol. The van der Waals surface area contributed by atoms with E-state index in [2.05, 4.69) is 19.9 Å². The van der Waals surface area contributed by atoms with Crippen molar-refractivity contribution >= 4 is 10.5 Å². The number of rotatable bonds is 5. The molecule has 0 bridgehead atoms. The van der Waals surface area contributed by atoms with Gasteiger partial charge in [0, 0.05) is 0 Å². The van der Waals surface area contributed by atoms with Crippen molar-refractivity contribution in [1.29, 1.82) is 0 Å². The van der Waals surface area contributed by atoms with Crippen LogP contribution in [0.25, 0.3) is 0 Å². The van der Waals surface area contributed by atoms with Gasteiger partial charge < -0.3 is 9.16 Å². The Hall–Kier alpha value is -0.803. The van der Waals surface area contributed by atoms with Gasteiger partial charge in [-0.25, -0.2) is 0 Å². The van der Waals surface area contributed by atoms with E-state index in [0.717, 1.165) is 18.6 Å². The number of ether oxygens (including phenoxy) is 1. The number of aryl methyl sites for hydroxylation is 1. The molecule has 0 fully saturated rings. The molecule has 0 aromatic heterocycles. The molecule has 0 heterocycles. The minimum absolute atomic E-state index is 0.130. The molecule has 0 spiro atoms. The minimum atomic E-state index is -0.130. The molecule has 1 aromatic rings. The summed E-state index contributed by atoms with van der Waals surface area (Å²) in [6.45, 7) is 6.27. The fourth-order valence-corrected chi connectivity index (χ4v) is 1.78. The van der Waals surface area contributed by atoms with E-state index in [-0.39, 0.29) is 6.29 Å². The van der Waals surface area contributed by atoms with Gasteiger partial charge in [0.1, 0.15) is 5.75 Å². The summed E-state index contributed by atoms with van der Waals surface area (Å²) in [6.07, 6.45) is 1.93. The third-order valence-electron chi connectivity index (χ3n) is 2.59. The Labute approximate surface area is 95.1 Å². The van der Waals surface area contributed by atoms with Gasteiger partial charge in [-0.05, 0) is 37.0 Å². The first kappa shape index (κ1) is 12.3. The molecule has 1 aromatic carbocycles. The lowest BCUT2D eigenvalue weighted by Gasteiger charge is -2.17. The monoisotopic (exact) mass is 224 g/mol. The summed E-state index contributed by atoms with van der Waals surface area (Å²) in [5, 5.41) is 0. The summed E-state index contributed by atoms with van der Waals surface area (Å²) >= 11 is 0. The molecule has 2 nitrogen and oxygen atoms in total. The standard InChI is InChI=1S/C12H20O2Si/c1-4-10-7-6-8-12(11(10)5-2)13-9(3)14-15/h6-9H,4-5H2,1-3,15H3. The van der Waals surface area contributed by atoms with Crippen LogP contribution in [0.1, 0.15) is 31.9 Å². The van der Waals surface area contributed by atoms with Gasteiger partial charge in [-0.2, -0.15) is 0 Å². The van der Waals surface area contributed by atoms with Crippen LogP contribution in [-0.2, 0) is 17.3 Å². The van der Waals surface area contributed by atoms with Crippen LogP contribution in [0.15, 0.2) is 18.2 Å². The van der Waals surface area contributed by atoms with Gasteiger partial charge in [-0.1, -0.05) is 26.0 Å². The zero-order chi connectivity index (χ0) is 11.3. The summed E-state index contributed by atoms with van der Waals surface area (Å²) in [4.78, 5) is 0. The first-order chi connectivity index (χ1) is 7.22. The van der Waals surface area contributed by atoms with Gasteiger partial charge >= 0.3 is 0 Å². The Morgan fingerprint density at radius 1 is 1.27 bits per heavy atom. The largest absolute Gasteiger partial charge is 0.466 e. The maximum atomic E-state index is 5.74. The molecule has 0 saturated carbocycles. The van der Waals surface area contributed by atoms with Crippen LogP contribution in [0.4, 0.5) is 0 Å². The molecular formula is C12H20O2Si. The molecule has 3 heteroatoms. The Bertz CT molecular complexity index is 312. The summed E-state index contributed by atoms with van der Waals surface area (Å²) in [7, 11) is 0.707. The van der Waals surface area contributed by atoms with Crippen LogP contribution in [0.3, 0.4) is 0 Å². The van der Waals surface area contributed by atoms with Crippen LogP contribution >= 0.6 is 0 Å². The number of hydrogen-bond acceptors (Lipinski definition) is 2. The third-order valence-corrected chi connectivity index (χ3v) is 3.25. The van der Waals surface area contributed by atoms with E-state index in [0.29, 0.717) is 10.5 Å². The summed E-state index contributed by atoms with van der Waals surface area (Å²) in [6, 6.07) is 6.24. The lowest BCUT2D eigenvalue weighted by Crippen LogP contribution is -2.15. The number of benzene rings is 1. The van der Waals surface area contributed by atoms with E-state index in [9.17, 15) is 0 Å². The van der Waals surface area contributed by atoms with E-state index < -0.39 is 0 Å². The Balaban J connectivity index is 2.95. The molecule has 0 N–H and O–H groups in total. The predicted molar refractivity (Wildman–Crippen MR) is 66.3 cm³/mol. The van der Waals surface area contributed by atoms with Crippen LogP contribution < -0.4 is 4.74 Å². The highest BCUT2D eigenvalue weighted by molar-refractivity contribution is 5.98. The lowest BCUT2D eigenvalue weighted by molar-refractivity contribution is 0.0288. The fourth-order valence-electron chi connectivity index (χ4n) is 1.68. The first-order valence-electron chi connectivity index (χ1n) is 5.53. The molecule has 84 valence electrons. The highest BCUT2D eigenvalue weighted by Gasteiger charge is 2.08. The van der Waals surface area contributed by atoms with E-state index in [1.54, 1.807) is 0 Å². The minimum Gasteiger partial charge on any atom is -0.466 e. The van der Waals surface area contributed by atoms with Gasteiger partial charge in [-0.15, -0.1) is 0 Å². The highest BCUT2D eigenvalue weighted by atomic mass is 28.2. The number of hydrogen-bond donors (Lipinski definition) is 0. The van der Waals surface area contributed by atoms with Crippen LogP contribution in [0.5, 0.6) is 5.75 Å². The van der Waals surface area contributed by atoms with Crippen molar-refractivity contribution in [3.8, 4) is 5.75 Å². The SMILES string of the molecule is CCc1cccc(OC(C)O[SiH3])c1CC. The summed E-state index contributed by atoms with van der Waals surface area (Å²) < 4.78 is 11.0. The quantitative estimate of drug-likeness (QED) is 0.561. The first-order valence-corrected chi connectivity index (χ1v) is 6.34. The van der Waals surface area contributed by atoms with Gasteiger partial charge in [-0.3, -0.25) is 0 Å². The molecule has 0 aliphatic heterocycles. The molecule has 0 aliphatic rings. The average Bonchev–Trinajstić information content (AvgIpc) is 2.28. The molecule has 0 radical (unpaired) electrons. The third kappa shape index (κ3) is 3.07. The molecule has 1 atom stereocenters. The second kappa shape index (κ2) is 5.93. The van der Waals surface area contributed by atoms with Crippen LogP contribution in [-0.4, -0.2) is 16.8 Å². The van der Waals surface area contributed by atoms with E-state index in [1.807, 2.05) is 19.1 Å². The maximum Gasteiger partial charge on any atom is 0.187 e. The van der Waals surface area contributed by atoms with Crippen molar-refractivity contribution in [2.75, 3.05) is 0 Å². The van der Waals surface area contributed by atoms with Crippen molar-refractivity contribution in [2.24, 2.45) is 0 Å². The van der Waals surface area contributed by atoms with Crippen LogP contribution in [0, 0.1) is 0 Å². The molecule has 1 rings (SSSR count). The Morgan fingerprint density at radius 2 is 2.00 bits per heavy atom. The molecule has 0 amide bonds. The maximum absolute atomic E-state index is 5.74. The Kier molecular flexibility index (Phi) is 4.85. The predicted octanol–water partition coefficient (Wildman–Crippen LogP) is 1.83. The van der Waals surface area contributed by atoms with Crippen molar-refractivity contribution in [3.63, 3.8) is 0 Å². The van der Waals surface area contributed by atoms with Crippen LogP contribution in [0.2, 0.25) is 0 Å². The molecule has 0 saturated heterocycles. The molecule has 1 unspecified atom stereocenters. The highest BCUT2D eigenvalue weighted by Crippen LogP contribution is 2.24. The molecule has 0 aliphatic carbocycles. The zero-order valence-electron chi connectivity index (χ0n) is 10.0. The van der Waals surface area contributed by atoms with Gasteiger partial charge in [0.2, 0.25) is 0 Å². The summed E-state index contributed by atoms with van der Waals surface area (Å²) in [5.41, 5.74) is 2.68. The second-order valence-electron chi connectivity index (χ2n) is 3.52.